The van der Waals surface area contributed by atoms with Gasteiger partial charge in [-0.25, -0.2) is 4.79 Å². The minimum atomic E-state index is -0.841. The molecule has 5 heteroatoms. The Labute approximate surface area is 119 Å². The number of aliphatic carboxylic acids is 1. The molecule has 1 aromatic rings. The second-order valence-corrected chi connectivity index (χ2v) is 4.95. The minimum Gasteiger partial charge on any atom is -0.481 e. The molecule has 0 aliphatic heterocycles. The molecule has 110 valence electrons. The SMILES string of the molecule is Cc1ccccc1C(C)NC(=O)N(C)CCCC(=O)O. The van der Waals surface area contributed by atoms with Crippen LogP contribution in [0.25, 0.3) is 0 Å². The van der Waals surface area contributed by atoms with Gasteiger partial charge in [-0.1, -0.05) is 24.3 Å². The Morgan fingerprint density at radius 3 is 2.60 bits per heavy atom. The highest BCUT2D eigenvalue weighted by atomic mass is 16.4. The number of carboxylic acid groups (broad SMARTS) is 1. The fourth-order valence-electron chi connectivity index (χ4n) is 2.01. The van der Waals surface area contributed by atoms with Crippen molar-refractivity contribution in [2.45, 2.75) is 32.7 Å². The highest BCUT2D eigenvalue weighted by Gasteiger charge is 2.14. The molecule has 20 heavy (non-hydrogen) atoms. The van der Waals surface area contributed by atoms with Crippen molar-refractivity contribution in [2.75, 3.05) is 13.6 Å². The van der Waals surface area contributed by atoms with Gasteiger partial charge in [0.15, 0.2) is 0 Å². The van der Waals surface area contributed by atoms with Crippen LogP contribution in [0.4, 0.5) is 4.79 Å². The van der Waals surface area contributed by atoms with Crippen LogP contribution in [0.1, 0.15) is 36.9 Å². The highest BCUT2D eigenvalue weighted by Crippen LogP contribution is 2.16. The molecule has 0 radical (unpaired) electrons. The molecule has 2 N–H and O–H groups in total. The monoisotopic (exact) mass is 278 g/mol. The number of hydrogen-bond acceptors (Lipinski definition) is 2. The number of carbonyl (C=O) groups is 2. The Hall–Kier alpha value is -2.04. The zero-order valence-electron chi connectivity index (χ0n) is 12.2. The smallest absolute Gasteiger partial charge is 0.317 e. The van der Waals surface area contributed by atoms with Crippen molar-refractivity contribution in [1.29, 1.82) is 0 Å². The largest absolute Gasteiger partial charge is 0.481 e. The number of hydrogen-bond donors (Lipinski definition) is 2. The molecule has 0 aromatic heterocycles. The van der Waals surface area contributed by atoms with Gasteiger partial charge in [0.2, 0.25) is 0 Å². The maximum atomic E-state index is 12.0. The van der Waals surface area contributed by atoms with Crippen LogP contribution in [0, 0.1) is 6.92 Å². The topological polar surface area (TPSA) is 69.6 Å². The van der Waals surface area contributed by atoms with Gasteiger partial charge in [-0.15, -0.1) is 0 Å². The Morgan fingerprint density at radius 1 is 1.35 bits per heavy atom. The molecular weight excluding hydrogens is 256 g/mol. The Morgan fingerprint density at radius 2 is 2.00 bits per heavy atom. The van der Waals surface area contributed by atoms with Crippen LogP contribution in [-0.2, 0) is 4.79 Å². The first-order valence-corrected chi connectivity index (χ1v) is 6.70. The summed E-state index contributed by atoms with van der Waals surface area (Å²) in [6.07, 6.45) is 0.531. The third-order valence-corrected chi connectivity index (χ3v) is 3.23. The molecule has 5 nitrogen and oxygen atoms in total. The summed E-state index contributed by atoms with van der Waals surface area (Å²) in [5, 5.41) is 11.5. The maximum absolute atomic E-state index is 12.0. The van der Waals surface area contributed by atoms with Crippen LogP contribution >= 0.6 is 0 Å². The van der Waals surface area contributed by atoms with Gasteiger partial charge in [-0.3, -0.25) is 4.79 Å². The lowest BCUT2D eigenvalue weighted by Crippen LogP contribution is -2.39. The number of aryl methyl sites for hydroxylation is 1. The summed E-state index contributed by atoms with van der Waals surface area (Å²) >= 11 is 0. The number of nitrogens with zero attached hydrogens (tertiary/aromatic N) is 1. The quantitative estimate of drug-likeness (QED) is 0.840. The van der Waals surface area contributed by atoms with Gasteiger partial charge in [0.25, 0.3) is 0 Å². The predicted molar refractivity (Wildman–Crippen MR) is 77.6 cm³/mol. The second kappa shape index (κ2) is 7.53. The lowest BCUT2D eigenvalue weighted by molar-refractivity contribution is -0.137. The summed E-state index contributed by atoms with van der Waals surface area (Å²) in [7, 11) is 1.67. The second-order valence-electron chi connectivity index (χ2n) is 4.95. The number of benzene rings is 1. The molecule has 2 amide bonds. The summed E-state index contributed by atoms with van der Waals surface area (Å²) in [6, 6.07) is 7.64. The van der Waals surface area contributed by atoms with Crippen LogP contribution < -0.4 is 5.32 Å². The van der Waals surface area contributed by atoms with E-state index in [0.29, 0.717) is 13.0 Å². The van der Waals surface area contributed by atoms with Gasteiger partial charge in [0.1, 0.15) is 0 Å². The lowest BCUT2D eigenvalue weighted by atomic mass is 10.0. The van der Waals surface area contributed by atoms with Gasteiger partial charge >= 0.3 is 12.0 Å². The van der Waals surface area contributed by atoms with Gasteiger partial charge in [-0.05, 0) is 31.4 Å². The molecule has 0 aliphatic rings. The summed E-state index contributed by atoms with van der Waals surface area (Å²) in [5.41, 5.74) is 2.22. The number of nitrogens with one attached hydrogen (secondary N) is 1. The number of rotatable bonds is 6. The standard InChI is InChI=1S/C15H22N2O3/c1-11-7-4-5-8-13(11)12(2)16-15(20)17(3)10-6-9-14(18)19/h4-5,7-8,12H,6,9-10H2,1-3H3,(H,16,20)(H,18,19). The van der Waals surface area contributed by atoms with Gasteiger partial charge < -0.3 is 15.3 Å². The normalized spacial score (nSPS) is 11.8. The van der Waals surface area contributed by atoms with E-state index in [1.165, 1.54) is 4.90 Å². The molecule has 0 saturated heterocycles. The number of carbonyl (C=O) groups excluding carboxylic acids is 1. The van der Waals surface area contributed by atoms with Crippen molar-refractivity contribution >= 4 is 12.0 Å². The third kappa shape index (κ3) is 4.91. The van der Waals surface area contributed by atoms with E-state index in [-0.39, 0.29) is 18.5 Å². The van der Waals surface area contributed by atoms with Crippen molar-refractivity contribution in [1.82, 2.24) is 10.2 Å². The highest BCUT2D eigenvalue weighted by molar-refractivity contribution is 5.74. The Kier molecular flexibility index (Phi) is 6.03. The molecule has 0 saturated carbocycles. The van der Waals surface area contributed by atoms with Crippen molar-refractivity contribution in [2.24, 2.45) is 0 Å². The van der Waals surface area contributed by atoms with E-state index >= 15 is 0 Å². The zero-order chi connectivity index (χ0) is 15.1. The average molecular weight is 278 g/mol. The summed E-state index contributed by atoms with van der Waals surface area (Å²) in [4.78, 5) is 23.9. The van der Waals surface area contributed by atoms with E-state index in [1.54, 1.807) is 7.05 Å². The maximum Gasteiger partial charge on any atom is 0.317 e. The minimum absolute atomic E-state index is 0.0744. The first-order valence-electron chi connectivity index (χ1n) is 6.70. The van der Waals surface area contributed by atoms with Crippen molar-refractivity contribution in [3.63, 3.8) is 0 Å². The predicted octanol–water partition coefficient (Wildman–Crippen LogP) is 2.56. The van der Waals surface area contributed by atoms with Crippen molar-refractivity contribution < 1.29 is 14.7 Å². The molecule has 0 fully saturated rings. The zero-order valence-corrected chi connectivity index (χ0v) is 12.2. The summed E-state index contributed by atoms with van der Waals surface area (Å²) in [5.74, 6) is -0.841. The molecule has 0 heterocycles. The van der Waals surface area contributed by atoms with E-state index < -0.39 is 5.97 Å². The first kappa shape index (κ1) is 16.0. The Bertz CT molecular complexity index is 474. The van der Waals surface area contributed by atoms with E-state index in [4.69, 9.17) is 5.11 Å². The summed E-state index contributed by atoms with van der Waals surface area (Å²) in [6.45, 7) is 4.37. The molecule has 1 unspecified atom stereocenters. The summed E-state index contributed by atoms with van der Waals surface area (Å²) < 4.78 is 0. The van der Waals surface area contributed by atoms with Crippen LogP contribution in [0.3, 0.4) is 0 Å². The first-order chi connectivity index (χ1) is 9.41. The molecule has 1 aromatic carbocycles. The van der Waals surface area contributed by atoms with E-state index in [1.807, 2.05) is 38.1 Å². The average Bonchev–Trinajstić information content (AvgIpc) is 2.38. The van der Waals surface area contributed by atoms with Gasteiger partial charge in [0.05, 0.1) is 6.04 Å². The third-order valence-electron chi connectivity index (χ3n) is 3.23. The van der Waals surface area contributed by atoms with Crippen LogP contribution in [-0.4, -0.2) is 35.6 Å². The van der Waals surface area contributed by atoms with Gasteiger partial charge in [-0.2, -0.15) is 0 Å². The molecular formula is C15H22N2O3. The van der Waals surface area contributed by atoms with Crippen LogP contribution in [0.5, 0.6) is 0 Å². The van der Waals surface area contributed by atoms with Crippen LogP contribution in [0.15, 0.2) is 24.3 Å². The van der Waals surface area contributed by atoms with E-state index in [2.05, 4.69) is 5.32 Å². The molecule has 0 aliphatic carbocycles. The molecule has 1 rings (SSSR count). The lowest BCUT2D eigenvalue weighted by Gasteiger charge is -2.22. The molecule has 0 spiro atoms. The Balaban J connectivity index is 2.49. The fraction of sp³-hybridized carbons (Fsp3) is 0.467. The van der Waals surface area contributed by atoms with Gasteiger partial charge in [0, 0.05) is 20.0 Å². The molecule has 1 atom stereocenters. The van der Waals surface area contributed by atoms with Crippen molar-refractivity contribution in [3.05, 3.63) is 35.4 Å². The van der Waals surface area contributed by atoms with E-state index in [9.17, 15) is 9.59 Å². The molecule has 0 bridgehead atoms. The van der Waals surface area contributed by atoms with E-state index in [0.717, 1.165) is 11.1 Å². The van der Waals surface area contributed by atoms with Crippen molar-refractivity contribution in [3.8, 4) is 0 Å². The fourth-order valence-corrected chi connectivity index (χ4v) is 2.01. The number of urea groups is 1. The van der Waals surface area contributed by atoms with Crippen LogP contribution in [0.2, 0.25) is 0 Å². The number of amides is 2. The number of carboxylic acids is 1.